The molecular weight excluding hydrogens is 312 g/mol. The molecule has 1 unspecified atom stereocenters. The van der Waals surface area contributed by atoms with E-state index < -0.39 is 0 Å². The number of nitrogens with one attached hydrogen (secondary N) is 2. The highest BCUT2D eigenvalue weighted by Gasteiger charge is 2.17. The Morgan fingerprint density at radius 1 is 1.53 bits per heavy atom. The SMILES string of the molecule is COc1cc(Br)ccc1C(=O)NC(C)c1ncn[nH]1. The highest BCUT2D eigenvalue weighted by molar-refractivity contribution is 9.10. The molecule has 2 rings (SSSR count). The van der Waals surface area contributed by atoms with Crippen molar-refractivity contribution < 1.29 is 9.53 Å². The molecule has 0 radical (unpaired) electrons. The molecule has 1 heterocycles. The average molecular weight is 325 g/mol. The second kappa shape index (κ2) is 5.83. The van der Waals surface area contributed by atoms with Crippen LogP contribution in [0.3, 0.4) is 0 Å². The highest BCUT2D eigenvalue weighted by atomic mass is 79.9. The Balaban J connectivity index is 2.16. The molecule has 0 aliphatic heterocycles. The maximum atomic E-state index is 12.2. The number of amides is 1. The van der Waals surface area contributed by atoms with Crippen LogP contribution >= 0.6 is 15.9 Å². The molecule has 0 fully saturated rings. The zero-order chi connectivity index (χ0) is 13.8. The van der Waals surface area contributed by atoms with Crippen molar-refractivity contribution in [3.63, 3.8) is 0 Å². The summed E-state index contributed by atoms with van der Waals surface area (Å²) in [6.45, 7) is 1.82. The Hall–Kier alpha value is -1.89. The Labute approximate surface area is 118 Å². The smallest absolute Gasteiger partial charge is 0.255 e. The summed E-state index contributed by atoms with van der Waals surface area (Å²) >= 11 is 3.33. The number of hydrogen-bond donors (Lipinski definition) is 2. The fourth-order valence-electron chi connectivity index (χ4n) is 1.62. The second-order valence-corrected chi connectivity index (χ2v) is 4.83. The van der Waals surface area contributed by atoms with Gasteiger partial charge in [0, 0.05) is 4.47 Å². The van der Waals surface area contributed by atoms with Gasteiger partial charge >= 0.3 is 0 Å². The standard InChI is InChI=1S/C12H13BrN4O2/c1-7(11-14-6-15-17-11)16-12(18)9-4-3-8(13)5-10(9)19-2/h3-7H,1-2H3,(H,16,18)(H,14,15,17). The Bertz CT molecular complexity index is 571. The van der Waals surface area contributed by atoms with E-state index >= 15 is 0 Å². The summed E-state index contributed by atoms with van der Waals surface area (Å²) in [7, 11) is 1.53. The zero-order valence-electron chi connectivity index (χ0n) is 10.5. The summed E-state index contributed by atoms with van der Waals surface area (Å²) in [6.07, 6.45) is 1.40. The van der Waals surface area contributed by atoms with Gasteiger partial charge in [0.2, 0.25) is 0 Å². The molecule has 1 amide bonds. The molecular formula is C12H13BrN4O2. The third kappa shape index (κ3) is 3.11. The van der Waals surface area contributed by atoms with Gasteiger partial charge in [-0.25, -0.2) is 4.98 Å². The zero-order valence-corrected chi connectivity index (χ0v) is 12.1. The lowest BCUT2D eigenvalue weighted by atomic mass is 10.1. The average Bonchev–Trinajstić information content (AvgIpc) is 2.92. The number of aromatic nitrogens is 3. The maximum Gasteiger partial charge on any atom is 0.255 e. The Kier molecular flexibility index (Phi) is 4.16. The van der Waals surface area contributed by atoms with E-state index in [2.05, 4.69) is 36.4 Å². The van der Waals surface area contributed by atoms with Gasteiger partial charge in [-0.05, 0) is 25.1 Å². The van der Waals surface area contributed by atoms with Gasteiger partial charge in [0.25, 0.3) is 5.91 Å². The topological polar surface area (TPSA) is 79.9 Å². The minimum absolute atomic E-state index is 0.228. The molecule has 100 valence electrons. The number of ether oxygens (including phenoxy) is 1. The molecule has 0 aliphatic rings. The van der Waals surface area contributed by atoms with Crippen LogP contribution in [0.1, 0.15) is 29.1 Å². The van der Waals surface area contributed by atoms with Crippen LogP contribution < -0.4 is 10.1 Å². The number of benzene rings is 1. The van der Waals surface area contributed by atoms with E-state index in [9.17, 15) is 4.79 Å². The highest BCUT2D eigenvalue weighted by Crippen LogP contribution is 2.23. The van der Waals surface area contributed by atoms with Crippen molar-refractivity contribution in [1.29, 1.82) is 0 Å². The first kappa shape index (κ1) is 13.5. The monoisotopic (exact) mass is 324 g/mol. The number of aromatic amines is 1. The Morgan fingerprint density at radius 2 is 2.32 bits per heavy atom. The number of methoxy groups -OCH3 is 1. The molecule has 0 bridgehead atoms. The van der Waals surface area contributed by atoms with E-state index in [0.29, 0.717) is 17.1 Å². The van der Waals surface area contributed by atoms with Gasteiger partial charge in [-0.2, -0.15) is 5.10 Å². The van der Waals surface area contributed by atoms with E-state index in [1.54, 1.807) is 18.2 Å². The maximum absolute atomic E-state index is 12.2. The van der Waals surface area contributed by atoms with E-state index in [1.165, 1.54) is 13.4 Å². The third-order valence-corrected chi connectivity index (χ3v) is 3.09. The first-order valence-corrected chi connectivity index (χ1v) is 6.40. The number of rotatable bonds is 4. The molecule has 7 heteroatoms. The lowest BCUT2D eigenvalue weighted by Crippen LogP contribution is -2.27. The van der Waals surface area contributed by atoms with Gasteiger partial charge in [-0.3, -0.25) is 9.89 Å². The summed E-state index contributed by atoms with van der Waals surface area (Å²) < 4.78 is 6.04. The van der Waals surface area contributed by atoms with E-state index in [-0.39, 0.29) is 11.9 Å². The van der Waals surface area contributed by atoms with Crippen LogP contribution in [0.15, 0.2) is 29.0 Å². The van der Waals surface area contributed by atoms with Gasteiger partial charge in [0.1, 0.15) is 17.9 Å². The molecule has 0 aliphatic carbocycles. The predicted octanol–water partition coefficient (Wildman–Crippen LogP) is 2.07. The summed E-state index contributed by atoms with van der Waals surface area (Å²) in [5.74, 6) is 0.884. The van der Waals surface area contributed by atoms with Gasteiger partial charge in [-0.1, -0.05) is 15.9 Å². The van der Waals surface area contributed by atoms with Crippen molar-refractivity contribution >= 4 is 21.8 Å². The van der Waals surface area contributed by atoms with Crippen LogP contribution in [0.2, 0.25) is 0 Å². The number of hydrogen-bond acceptors (Lipinski definition) is 4. The minimum Gasteiger partial charge on any atom is -0.496 e. The summed E-state index contributed by atoms with van der Waals surface area (Å²) in [5, 5.41) is 9.29. The lowest BCUT2D eigenvalue weighted by molar-refractivity contribution is 0.0935. The van der Waals surface area contributed by atoms with Gasteiger partial charge in [0.05, 0.1) is 18.7 Å². The van der Waals surface area contributed by atoms with Crippen molar-refractivity contribution in [3.8, 4) is 5.75 Å². The first-order chi connectivity index (χ1) is 9.11. The van der Waals surface area contributed by atoms with Crippen LogP contribution in [-0.2, 0) is 0 Å². The van der Waals surface area contributed by atoms with Crippen LogP contribution in [0.4, 0.5) is 0 Å². The van der Waals surface area contributed by atoms with E-state index in [1.807, 2.05) is 6.92 Å². The number of nitrogens with zero attached hydrogens (tertiary/aromatic N) is 2. The fraction of sp³-hybridized carbons (Fsp3) is 0.250. The molecule has 0 saturated heterocycles. The van der Waals surface area contributed by atoms with Crippen LogP contribution in [0.25, 0.3) is 0 Å². The fourth-order valence-corrected chi connectivity index (χ4v) is 1.96. The Morgan fingerprint density at radius 3 is 2.95 bits per heavy atom. The summed E-state index contributed by atoms with van der Waals surface area (Å²) in [4.78, 5) is 16.2. The predicted molar refractivity (Wildman–Crippen MR) is 73.0 cm³/mol. The second-order valence-electron chi connectivity index (χ2n) is 3.91. The summed E-state index contributed by atoms with van der Waals surface area (Å²) in [5.41, 5.74) is 0.470. The number of carbonyl (C=O) groups excluding carboxylic acids is 1. The minimum atomic E-state index is -0.261. The number of halogens is 1. The normalized spacial score (nSPS) is 11.9. The molecule has 6 nitrogen and oxygen atoms in total. The molecule has 1 aromatic heterocycles. The van der Waals surface area contributed by atoms with Crippen molar-refractivity contribution in [2.24, 2.45) is 0 Å². The molecule has 0 saturated carbocycles. The molecule has 19 heavy (non-hydrogen) atoms. The molecule has 2 aromatic rings. The van der Waals surface area contributed by atoms with Crippen LogP contribution in [-0.4, -0.2) is 28.2 Å². The van der Waals surface area contributed by atoms with Gasteiger partial charge in [0.15, 0.2) is 0 Å². The quantitative estimate of drug-likeness (QED) is 0.902. The van der Waals surface area contributed by atoms with Gasteiger partial charge < -0.3 is 10.1 Å². The van der Waals surface area contributed by atoms with Crippen molar-refractivity contribution in [3.05, 3.63) is 40.4 Å². The number of carbonyl (C=O) groups is 1. The molecule has 1 atom stereocenters. The van der Waals surface area contributed by atoms with Crippen LogP contribution in [0, 0.1) is 0 Å². The first-order valence-electron chi connectivity index (χ1n) is 5.61. The molecule has 2 N–H and O–H groups in total. The third-order valence-electron chi connectivity index (χ3n) is 2.60. The van der Waals surface area contributed by atoms with Crippen molar-refractivity contribution in [2.75, 3.05) is 7.11 Å². The molecule has 1 aromatic carbocycles. The largest absolute Gasteiger partial charge is 0.496 e. The summed E-state index contributed by atoms with van der Waals surface area (Å²) in [6, 6.07) is 4.97. The molecule has 0 spiro atoms. The van der Waals surface area contributed by atoms with E-state index in [0.717, 1.165) is 4.47 Å². The van der Waals surface area contributed by atoms with Gasteiger partial charge in [-0.15, -0.1) is 0 Å². The number of H-pyrrole nitrogens is 1. The van der Waals surface area contributed by atoms with Crippen molar-refractivity contribution in [2.45, 2.75) is 13.0 Å². The van der Waals surface area contributed by atoms with E-state index in [4.69, 9.17) is 4.74 Å². The van der Waals surface area contributed by atoms with Crippen molar-refractivity contribution in [1.82, 2.24) is 20.5 Å². The van der Waals surface area contributed by atoms with Crippen LogP contribution in [0.5, 0.6) is 5.75 Å². The lowest BCUT2D eigenvalue weighted by Gasteiger charge is -2.13.